The minimum Gasteiger partial charge on any atom is -0.380 e. The van der Waals surface area contributed by atoms with E-state index in [9.17, 15) is 0 Å². The molecule has 4 heteroatoms. The van der Waals surface area contributed by atoms with E-state index in [1.54, 1.807) is 0 Å². The highest BCUT2D eigenvalue weighted by molar-refractivity contribution is 8.06. The van der Waals surface area contributed by atoms with E-state index in [0.29, 0.717) is 6.04 Å². The molecule has 0 aromatic heterocycles. The summed E-state index contributed by atoms with van der Waals surface area (Å²) in [6.07, 6.45) is 2.52. The number of hydrogen-bond donors (Lipinski definition) is 1. The van der Waals surface area contributed by atoms with E-state index in [2.05, 4.69) is 28.8 Å². The summed E-state index contributed by atoms with van der Waals surface area (Å²) >= 11 is 4.23. The molecule has 0 bridgehead atoms. The van der Waals surface area contributed by atoms with E-state index in [0.717, 1.165) is 18.5 Å². The number of hydrogen-bond acceptors (Lipinski definition) is 4. The van der Waals surface area contributed by atoms with Crippen LogP contribution in [0, 0.1) is 0 Å². The van der Waals surface area contributed by atoms with Crippen molar-refractivity contribution in [2.45, 2.75) is 24.1 Å². The Kier molecular flexibility index (Phi) is 4.97. The van der Waals surface area contributed by atoms with E-state index in [1.165, 1.54) is 36.6 Å². The van der Waals surface area contributed by atoms with Crippen molar-refractivity contribution in [1.82, 2.24) is 5.32 Å². The van der Waals surface area contributed by atoms with Crippen molar-refractivity contribution in [3.8, 4) is 0 Å². The van der Waals surface area contributed by atoms with E-state index >= 15 is 0 Å². The van der Waals surface area contributed by atoms with Gasteiger partial charge in [-0.3, -0.25) is 0 Å². The van der Waals surface area contributed by atoms with Gasteiger partial charge in [-0.05, 0) is 12.8 Å². The van der Waals surface area contributed by atoms with E-state index in [4.69, 9.17) is 4.74 Å². The van der Waals surface area contributed by atoms with Gasteiger partial charge in [-0.25, -0.2) is 0 Å². The Morgan fingerprint density at radius 3 is 3.07 bits per heavy atom. The monoisotopic (exact) mass is 233 g/mol. The van der Waals surface area contributed by atoms with Crippen molar-refractivity contribution in [2.24, 2.45) is 0 Å². The lowest BCUT2D eigenvalue weighted by Crippen LogP contribution is -2.41. The van der Waals surface area contributed by atoms with Crippen molar-refractivity contribution in [3.05, 3.63) is 0 Å². The average molecular weight is 233 g/mol. The van der Waals surface area contributed by atoms with Crippen LogP contribution >= 0.6 is 23.5 Å². The minimum absolute atomic E-state index is 0.622. The van der Waals surface area contributed by atoms with Gasteiger partial charge in [-0.15, -0.1) is 0 Å². The van der Waals surface area contributed by atoms with Crippen LogP contribution in [0.15, 0.2) is 0 Å². The number of ether oxygens (including phenoxy) is 1. The summed E-state index contributed by atoms with van der Waals surface area (Å²) in [4.78, 5) is 0. The van der Waals surface area contributed by atoms with Gasteiger partial charge in [0.15, 0.2) is 0 Å². The third-order valence-corrected chi connectivity index (χ3v) is 5.52. The van der Waals surface area contributed by atoms with Gasteiger partial charge in [0.2, 0.25) is 0 Å². The fourth-order valence-corrected chi connectivity index (χ4v) is 4.48. The summed E-state index contributed by atoms with van der Waals surface area (Å²) in [5.41, 5.74) is 0. The van der Waals surface area contributed by atoms with Crippen LogP contribution in [0.4, 0.5) is 0 Å². The molecule has 2 heterocycles. The molecule has 2 aliphatic heterocycles. The van der Waals surface area contributed by atoms with Crippen LogP contribution in [0.5, 0.6) is 0 Å². The molecule has 0 aliphatic carbocycles. The first-order valence-electron chi connectivity index (χ1n) is 5.45. The largest absolute Gasteiger partial charge is 0.380 e. The Morgan fingerprint density at radius 1 is 1.36 bits per heavy atom. The Labute approximate surface area is 94.9 Å². The normalized spacial score (nSPS) is 34.3. The molecule has 0 aromatic rings. The van der Waals surface area contributed by atoms with E-state index in [-0.39, 0.29) is 0 Å². The Balaban J connectivity index is 1.60. The van der Waals surface area contributed by atoms with Gasteiger partial charge in [-0.2, -0.15) is 23.5 Å². The summed E-state index contributed by atoms with van der Waals surface area (Å²) in [5.74, 6) is 4.00. The summed E-state index contributed by atoms with van der Waals surface area (Å²) in [7, 11) is 0. The van der Waals surface area contributed by atoms with Gasteiger partial charge in [0.05, 0.1) is 6.61 Å². The first-order valence-corrected chi connectivity index (χ1v) is 7.66. The number of rotatable bonds is 3. The average Bonchev–Trinajstić information content (AvgIpc) is 2.29. The van der Waals surface area contributed by atoms with Gasteiger partial charge >= 0.3 is 0 Å². The summed E-state index contributed by atoms with van der Waals surface area (Å²) in [6, 6.07) is 0.622. The molecule has 0 saturated carbocycles. The van der Waals surface area contributed by atoms with Gasteiger partial charge < -0.3 is 10.1 Å². The second-order valence-electron chi connectivity index (χ2n) is 3.89. The molecule has 2 aliphatic rings. The summed E-state index contributed by atoms with van der Waals surface area (Å²) in [6.45, 7) is 3.06. The molecule has 2 unspecified atom stereocenters. The SMILES string of the molecule is C1COCC(NCC2CSCCS2)C1. The molecule has 2 saturated heterocycles. The smallest absolute Gasteiger partial charge is 0.0619 e. The lowest BCUT2D eigenvalue weighted by Gasteiger charge is -2.27. The fourth-order valence-electron chi connectivity index (χ4n) is 1.85. The molecule has 1 N–H and O–H groups in total. The van der Waals surface area contributed by atoms with Gasteiger partial charge in [0.1, 0.15) is 0 Å². The van der Waals surface area contributed by atoms with Gasteiger partial charge in [-0.1, -0.05) is 0 Å². The third kappa shape index (κ3) is 3.65. The highest BCUT2D eigenvalue weighted by Gasteiger charge is 2.17. The molecule has 0 radical (unpaired) electrons. The van der Waals surface area contributed by atoms with E-state index < -0.39 is 0 Å². The number of nitrogens with one attached hydrogen (secondary N) is 1. The van der Waals surface area contributed by atoms with Crippen molar-refractivity contribution < 1.29 is 4.74 Å². The third-order valence-electron chi connectivity index (χ3n) is 2.68. The number of thioether (sulfide) groups is 2. The lowest BCUT2D eigenvalue weighted by atomic mass is 10.1. The molecule has 0 spiro atoms. The summed E-state index contributed by atoms with van der Waals surface area (Å²) in [5, 5.41) is 4.46. The Bertz CT molecular complexity index is 138. The maximum atomic E-state index is 5.45. The van der Waals surface area contributed by atoms with Crippen molar-refractivity contribution in [1.29, 1.82) is 0 Å². The van der Waals surface area contributed by atoms with Crippen molar-refractivity contribution in [3.63, 3.8) is 0 Å². The van der Waals surface area contributed by atoms with Crippen LogP contribution < -0.4 is 5.32 Å². The van der Waals surface area contributed by atoms with Crippen molar-refractivity contribution >= 4 is 23.5 Å². The predicted molar refractivity (Wildman–Crippen MR) is 65.4 cm³/mol. The highest BCUT2D eigenvalue weighted by Crippen LogP contribution is 2.23. The zero-order valence-electron chi connectivity index (χ0n) is 8.54. The van der Waals surface area contributed by atoms with Gasteiger partial charge in [0.25, 0.3) is 0 Å². The van der Waals surface area contributed by atoms with Crippen LogP contribution in [0.3, 0.4) is 0 Å². The molecule has 2 atom stereocenters. The van der Waals surface area contributed by atoms with E-state index in [1.807, 2.05) is 0 Å². The molecule has 14 heavy (non-hydrogen) atoms. The molecular weight excluding hydrogens is 214 g/mol. The van der Waals surface area contributed by atoms with Crippen LogP contribution in [0.25, 0.3) is 0 Å². The minimum atomic E-state index is 0.622. The maximum absolute atomic E-state index is 5.45. The van der Waals surface area contributed by atoms with Gasteiger partial charge in [0, 0.05) is 41.7 Å². The van der Waals surface area contributed by atoms with Crippen LogP contribution in [0.1, 0.15) is 12.8 Å². The highest BCUT2D eigenvalue weighted by atomic mass is 32.2. The molecule has 0 aromatic carbocycles. The Hall–Kier alpha value is 0.620. The molecule has 2 fully saturated rings. The quantitative estimate of drug-likeness (QED) is 0.799. The molecule has 2 nitrogen and oxygen atoms in total. The van der Waals surface area contributed by atoms with Crippen LogP contribution in [-0.2, 0) is 4.74 Å². The first kappa shape index (κ1) is 11.1. The fraction of sp³-hybridized carbons (Fsp3) is 1.00. The second kappa shape index (κ2) is 6.26. The van der Waals surface area contributed by atoms with Crippen LogP contribution in [0.2, 0.25) is 0 Å². The van der Waals surface area contributed by atoms with Crippen LogP contribution in [-0.4, -0.2) is 48.3 Å². The second-order valence-corrected chi connectivity index (χ2v) is 6.45. The Morgan fingerprint density at radius 2 is 2.36 bits per heavy atom. The summed E-state index contributed by atoms with van der Waals surface area (Å²) < 4.78 is 5.45. The zero-order chi connectivity index (χ0) is 9.64. The molecular formula is C10H19NOS2. The molecule has 82 valence electrons. The predicted octanol–water partition coefficient (Wildman–Crippen LogP) is 1.60. The first-order chi connectivity index (χ1) is 6.95. The standard InChI is InChI=1S/C10H19NOS2/c1-2-9(7-12-3-1)11-6-10-8-13-4-5-14-10/h9-11H,1-8H2. The zero-order valence-corrected chi connectivity index (χ0v) is 10.2. The topological polar surface area (TPSA) is 21.3 Å². The maximum Gasteiger partial charge on any atom is 0.0619 e. The van der Waals surface area contributed by atoms with Crippen molar-refractivity contribution in [2.75, 3.05) is 37.0 Å². The molecule has 0 amide bonds. The molecule has 2 rings (SSSR count). The lowest BCUT2D eigenvalue weighted by molar-refractivity contribution is 0.0708.